The van der Waals surface area contributed by atoms with Crippen molar-refractivity contribution in [2.24, 2.45) is 0 Å². The molecule has 60 valence electrons. The summed E-state index contributed by atoms with van der Waals surface area (Å²) in [4.78, 5) is 11.0. The van der Waals surface area contributed by atoms with Gasteiger partial charge < -0.3 is 0 Å². The molecule has 1 amide bonds. The van der Waals surface area contributed by atoms with Gasteiger partial charge >= 0.3 is 0 Å². The number of hydrogen-bond acceptors (Lipinski definition) is 1. The minimum atomic E-state index is 0.0590. The number of carbonyl (C=O) groups excluding carboxylic acids is 1. The monoisotopic (exact) mass is 152 g/mol. The third kappa shape index (κ3) is 2.45. The Morgan fingerprint density at radius 3 is 2.64 bits per heavy atom. The molecule has 0 aliphatic heterocycles. The maximum absolute atomic E-state index is 11.0. The molecule has 0 spiro atoms. The predicted molar refractivity (Wildman–Crippen MR) is 43.7 cm³/mol. The van der Waals surface area contributed by atoms with Gasteiger partial charge in [-0.2, -0.15) is 0 Å². The highest BCUT2D eigenvalue weighted by atomic mass is 16.2. The summed E-state index contributed by atoms with van der Waals surface area (Å²) in [6.07, 6.45) is 5.06. The Hall–Kier alpha value is -1.25. The van der Waals surface area contributed by atoms with Crippen molar-refractivity contribution in [3.63, 3.8) is 0 Å². The van der Waals surface area contributed by atoms with E-state index in [1.165, 1.54) is 0 Å². The molecule has 0 bridgehead atoms. The van der Waals surface area contributed by atoms with Crippen LogP contribution in [0.15, 0.2) is 24.5 Å². The van der Waals surface area contributed by atoms with Crippen LogP contribution < -0.4 is 5.43 Å². The fourth-order valence-electron chi connectivity index (χ4n) is 0.836. The maximum Gasteiger partial charge on any atom is 0.238 e. The smallest absolute Gasteiger partial charge is 0.238 e. The van der Waals surface area contributed by atoms with Crippen molar-refractivity contribution in [1.82, 2.24) is 4.68 Å². The molecule has 0 radical (unpaired) electrons. The second kappa shape index (κ2) is 3.81. The van der Waals surface area contributed by atoms with Crippen LogP contribution in [0.25, 0.3) is 0 Å². The lowest BCUT2D eigenvalue weighted by Gasteiger charge is -2.03. The molecule has 0 aliphatic rings. The van der Waals surface area contributed by atoms with Gasteiger partial charge in [-0.3, -0.25) is 14.9 Å². The lowest BCUT2D eigenvalue weighted by Crippen LogP contribution is -2.20. The van der Waals surface area contributed by atoms with Crippen LogP contribution in [0.4, 0.5) is 0 Å². The molecule has 11 heavy (non-hydrogen) atoms. The molecule has 0 fully saturated rings. The lowest BCUT2D eigenvalue weighted by atomic mass is 10.3. The van der Waals surface area contributed by atoms with E-state index < -0.39 is 0 Å². The van der Waals surface area contributed by atoms with E-state index in [9.17, 15) is 4.79 Å². The number of rotatable bonds is 3. The summed E-state index contributed by atoms with van der Waals surface area (Å²) in [5.74, 6) is 0.0590. The zero-order chi connectivity index (χ0) is 8.10. The van der Waals surface area contributed by atoms with Crippen LogP contribution in [-0.2, 0) is 4.79 Å². The fraction of sp³-hybridized carbons (Fsp3) is 0.375. The van der Waals surface area contributed by atoms with E-state index in [0.29, 0.717) is 6.42 Å². The van der Waals surface area contributed by atoms with Crippen molar-refractivity contribution in [1.29, 1.82) is 0 Å². The van der Waals surface area contributed by atoms with E-state index in [0.717, 1.165) is 6.42 Å². The molecule has 1 rings (SSSR count). The van der Waals surface area contributed by atoms with E-state index in [4.69, 9.17) is 0 Å². The highest BCUT2D eigenvalue weighted by molar-refractivity contribution is 5.83. The van der Waals surface area contributed by atoms with Gasteiger partial charge in [0.1, 0.15) is 0 Å². The van der Waals surface area contributed by atoms with Crippen LogP contribution in [-0.4, -0.2) is 10.6 Å². The first kappa shape index (κ1) is 7.85. The number of hydrogen-bond donors (Lipinski definition) is 1. The summed E-state index contributed by atoms with van der Waals surface area (Å²) in [7, 11) is 0. The second-order valence-corrected chi connectivity index (χ2v) is 2.38. The molecule has 0 saturated heterocycles. The Bertz CT molecular complexity index is 216. The average molecular weight is 152 g/mol. The molecule has 3 nitrogen and oxygen atoms in total. The number of nitrogens with zero attached hydrogens (tertiary/aromatic N) is 1. The average Bonchev–Trinajstić information content (AvgIpc) is 2.40. The summed E-state index contributed by atoms with van der Waals surface area (Å²) >= 11 is 0. The van der Waals surface area contributed by atoms with Crippen molar-refractivity contribution in [2.45, 2.75) is 19.8 Å². The molecule has 0 atom stereocenters. The van der Waals surface area contributed by atoms with Crippen LogP contribution in [0, 0.1) is 0 Å². The summed E-state index contributed by atoms with van der Waals surface area (Å²) < 4.78 is 1.65. The Morgan fingerprint density at radius 2 is 2.09 bits per heavy atom. The molecule has 1 aromatic heterocycles. The Labute approximate surface area is 66.0 Å². The zero-order valence-electron chi connectivity index (χ0n) is 6.58. The first-order chi connectivity index (χ1) is 5.33. The summed E-state index contributed by atoms with van der Waals surface area (Å²) in [6, 6.07) is 3.73. The van der Waals surface area contributed by atoms with Crippen LogP contribution in [0.2, 0.25) is 0 Å². The highest BCUT2D eigenvalue weighted by Gasteiger charge is 1.96. The summed E-state index contributed by atoms with van der Waals surface area (Å²) in [5.41, 5.74) is 2.70. The minimum Gasteiger partial charge on any atom is -0.273 e. The molecule has 3 heteroatoms. The molecule has 0 saturated carbocycles. The molecule has 0 unspecified atom stereocenters. The number of carbonyl (C=O) groups is 1. The molecule has 1 N–H and O–H groups in total. The quantitative estimate of drug-likeness (QED) is 0.697. The van der Waals surface area contributed by atoms with Gasteiger partial charge in [0.25, 0.3) is 0 Å². The van der Waals surface area contributed by atoms with Gasteiger partial charge in [-0.25, -0.2) is 0 Å². The van der Waals surface area contributed by atoms with E-state index in [2.05, 4.69) is 5.43 Å². The van der Waals surface area contributed by atoms with E-state index in [1.54, 1.807) is 17.1 Å². The summed E-state index contributed by atoms with van der Waals surface area (Å²) in [6.45, 7) is 1.98. The van der Waals surface area contributed by atoms with Gasteiger partial charge in [0.05, 0.1) is 0 Å². The van der Waals surface area contributed by atoms with Crippen molar-refractivity contribution in [3.8, 4) is 0 Å². The highest BCUT2D eigenvalue weighted by Crippen LogP contribution is 1.89. The Morgan fingerprint density at radius 1 is 1.45 bits per heavy atom. The van der Waals surface area contributed by atoms with Crippen LogP contribution >= 0.6 is 0 Å². The van der Waals surface area contributed by atoms with Crippen molar-refractivity contribution in [2.75, 3.05) is 5.43 Å². The molecule has 0 aromatic carbocycles. The number of aromatic nitrogens is 1. The van der Waals surface area contributed by atoms with Crippen LogP contribution in [0.1, 0.15) is 19.8 Å². The third-order valence-electron chi connectivity index (χ3n) is 1.34. The standard InChI is InChI=1S/C8H12N2O/c1-2-5-8(11)9-10-6-3-4-7-10/h3-4,6-7H,2,5H2,1H3,(H,9,11). The normalized spacial score (nSPS) is 9.55. The van der Waals surface area contributed by atoms with Crippen molar-refractivity contribution >= 4 is 5.91 Å². The lowest BCUT2D eigenvalue weighted by molar-refractivity contribution is -0.117. The number of nitrogens with one attached hydrogen (secondary N) is 1. The molecule has 1 heterocycles. The fourth-order valence-corrected chi connectivity index (χ4v) is 0.836. The first-order valence-electron chi connectivity index (χ1n) is 3.75. The van der Waals surface area contributed by atoms with Crippen LogP contribution in [0.5, 0.6) is 0 Å². The van der Waals surface area contributed by atoms with Gasteiger partial charge in [-0.1, -0.05) is 6.92 Å². The van der Waals surface area contributed by atoms with E-state index in [-0.39, 0.29) is 5.91 Å². The Balaban J connectivity index is 2.37. The topological polar surface area (TPSA) is 34.0 Å². The van der Waals surface area contributed by atoms with Gasteiger partial charge in [-0.15, -0.1) is 0 Å². The zero-order valence-corrected chi connectivity index (χ0v) is 6.58. The molecular weight excluding hydrogens is 140 g/mol. The largest absolute Gasteiger partial charge is 0.273 e. The van der Waals surface area contributed by atoms with Gasteiger partial charge in [0.15, 0.2) is 0 Å². The first-order valence-corrected chi connectivity index (χ1v) is 3.75. The van der Waals surface area contributed by atoms with E-state index in [1.807, 2.05) is 19.1 Å². The number of amides is 1. The second-order valence-electron chi connectivity index (χ2n) is 2.38. The van der Waals surface area contributed by atoms with E-state index >= 15 is 0 Å². The Kier molecular flexibility index (Phi) is 2.72. The minimum absolute atomic E-state index is 0.0590. The van der Waals surface area contributed by atoms with Crippen LogP contribution in [0.3, 0.4) is 0 Å². The van der Waals surface area contributed by atoms with Crippen molar-refractivity contribution < 1.29 is 4.79 Å². The van der Waals surface area contributed by atoms with Crippen molar-refractivity contribution in [3.05, 3.63) is 24.5 Å². The third-order valence-corrected chi connectivity index (χ3v) is 1.34. The predicted octanol–water partition coefficient (Wildman–Crippen LogP) is 1.36. The van der Waals surface area contributed by atoms with Gasteiger partial charge in [0.2, 0.25) is 5.91 Å². The SMILES string of the molecule is CCCC(=O)Nn1cccc1. The summed E-state index contributed by atoms with van der Waals surface area (Å²) in [5, 5.41) is 0. The van der Waals surface area contributed by atoms with Gasteiger partial charge in [-0.05, 0) is 18.6 Å². The molecule has 0 aliphatic carbocycles. The molecular formula is C8H12N2O. The van der Waals surface area contributed by atoms with Gasteiger partial charge in [0, 0.05) is 18.8 Å². The maximum atomic E-state index is 11.0. The molecule has 1 aromatic rings.